The summed E-state index contributed by atoms with van der Waals surface area (Å²) in [6.45, 7) is 2.62. The van der Waals surface area contributed by atoms with Crippen molar-refractivity contribution in [2.45, 2.75) is 26.2 Å². The maximum atomic E-state index is 12.7. The number of aromatic hydroxyl groups is 1. The molecular weight excluding hydrogens is 502 g/mol. The number of aryl methyl sites for hydroxylation is 2. The van der Waals surface area contributed by atoms with Gasteiger partial charge in [-0.1, -0.05) is 52.3 Å². The number of ether oxygens (including phenoxy) is 1. The second-order valence-corrected chi connectivity index (χ2v) is 9.47. The van der Waals surface area contributed by atoms with E-state index in [1.807, 2.05) is 73.7 Å². The molecule has 0 aliphatic carbocycles. The number of phenols is 1. The van der Waals surface area contributed by atoms with Gasteiger partial charge in [0.1, 0.15) is 11.5 Å². The van der Waals surface area contributed by atoms with Crippen LogP contribution in [-0.4, -0.2) is 17.6 Å². The first-order chi connectivity index (χ1) is 17.0. The molecule has 4 aromatic rings. The third-order valence-electron chi connectivity index (χ3n) is 5.75. The molecule has 0 spiro atoms. The fraction of sp³-hybridized carbons (Fsp3) is 0.167. The highest BCUT2D eigenvalue weighted by atomic mass is 79.9. The number of benzene rings is 4. The molecule has 0 heterocycles. The van der Waals surface area contributed by atoms with Gasteiger partial charge in [0.05, 0.1) is 6.61 Å². The van der Waals surface area contributed by atoms with Gasteiger partial charge in [-0.25, -0.2) is 0 Å². The van der Waals surface area contributed by atoms with E-state index in [1.165, 1.54) is 5.56 Å². The molecule has 0 unspecified atom stereocenters. The molecule has 0 radical (unpaired) electrons. The molecule has 0 fully saturated rings. The van der Waals surface area contributed by atoms with E-state index < -0.39 is 0 Å². The minimum absolute atomic E-state index is 0.150. The predicted molar refractivity (Wildman–Crippen MR) is 144 cm³/mol. The summed E-state index contributed by atoms with van der Waals surface area (Å²) in [5.41, 5.74) is 5.81. The highest BCUT2D eigenvalue weighted by molar-refractivity contribution is 9.10. The minimum Gasteiger partial charge on any atom is -0.508 e. The van der Waals surface area contributed by atoms with Crippen molar-refractivity contribution in [3.05, 3.63) is 123 Å². The molecule has 5 heteroatoms. The maximum absolute atomic E-state index is 12.7. The molecule has 0 saturated heterocycles. The molecule has 0 atom stereocenters. The lowest BCUT2D eigenvalue weighted by molar-refractivity contribution is 0.102. The Kier molecular flexibility index (Phi) is 8.22. The zero-order valence-electron chi connectivity index (χ0n) is 19.6. The van der Waals surface area contributed by atoms with Gasteiger partial charge in [0.15, 0.2) is 0 Å². The fourth-order valence-corrected chi connectivity index (χ4v) is 4.31. The van der Waals surface area contributed by atoms with Crippen molar-refractivity contribution in [3.8, 4) is 11.5 Å². The van der Waals surface area contributed by atoms with E-state index in [4.69, 9.17) is 4.74 Å². The van der Waals surface area contributed by atoms with Crippen LogP contribution in [0.25, 0.3) is 0 Å². The summed E-state index contributed by atoms with van der Waals surface area (Å²) in [5.74, 6) is 0.936. The van der Waals surface area contributed by atoms with Crippen LogP contribution >= 0.6 is 15.9 Å². The van der Waals surface area contributed by atoms with Crippen LogP contribution in [0.15, 0.2) is 95.5 Å². The molecular formula is C30H28BrNO3. The van der Waals surface area contributed by atoms with E-state index >= 15 is 0 Å². The third kappa shape index (κ3) is 7.20. The number of rotatable bonds is 9. The molecule has 1 amide bonds. The van der Waals surface area contributed by atoms with Gasteiger partial charge in [-0.2, -0.15) is 0 Å². The second-order valence-electron chi connectivity index (χ2n) is 8.56. The van der Waals surface area contributed by atoms with Crippen LogP contribution in [0.3, 0.4) is 0 Å². The van der Waals surface area contributed by atoms with Crippen molar-refractivity contribution in [1.29, 1.82) is 0 Å². The van der Waals surface area contributed by atoms with Crippen LogP contribution in [0, 0.1) is 6.92 Å². The molecule has 4 aromatic carbocycles. The monoisotopic (exact) mass is 529 g/mol. The van der Waals surface area contributed by atoms with E-state index in [1.54, 1.807) is 12.1 Å². The maximum Gasteiger partial charge on any atom is 0.255 e. The Morgan fingerprint density at radius 3 is 2.29 bits per heavy atom. The van der Waals surface area contributed by atoms with Crippen molar-refractivity contribution in [3.63, 3.8) is 0 Å². The minimum atomic E-state index is -0.150. The van der Waals surface area contributed by atoms with Crippen molar-refractivity contribution in [2.24, 2.45) is 0 Å². The van der Waals surface area contributed by atoms with E-state index in [0.717, 1.165) is 51.9 Å². The number of amides is 1. The van der Waals surface area contributed by atoms with Crippen LogP contribution < -0.4 is 10.1 Å². The summed E-state index contributed by atoms with van der Waals surface area (Å²) in [5, 5.41) is 12.4. The summed E-state index contributed by atoms with van der Waals surface area (Å²) in [6.07, 6.45) is 2.63. The molecule has 2 N–H and O–H groups in total. The van der Waals surface area contributed by atoms with Crippen molar-refractivity contribution >= 4 is 27.5 Å². The van der Waals surface area contributed by atoms with E-state index in [-0.39, 0.29) is 11.7 Å². The number of anilines is 1. The lowest BCUT2D eigenvalue weighted by Crippen LogP contribution is -2.12. The van der Waals surface area contributed by atoms with Crippen LogP contribution in [0.1, 0.15) is 39.0 Å². The summed E-state index contributed by atoms with van der Waals surface area (Å²) in [7, 11) is 0. The highest BCUT2D eigenvalue weighted by Gasteiger charge is 2.09. The van der Waals surface area contributed by atoms with E-state index in [2.05, 4.69) is 33.4 Å². The zero-order valence-corrected chi connectivity index (χ0v) is 21.2. The number of phenolic OH excluding ortho intramolecular Hbond substituents is 1. The van der Waals surface area contributed by atoms with Gasteiger partial charge in [0, 0.05) is 15.7 Å². The Labute approximate surface area is 214 Å². The molecule has 0 saturated carbocycles. The molecule has 0 aromatic heterocycles. The molecule has 0 aliphatic heterocycles. The highest BCUT2D eigenvalue weighted by Crippen LogP contribution is 2.23. The summed E-state index contributed by atoms with van der Waals surface area (Å²) < 4.78 is 7.06. The van der Waals surface area contributed by atoms with Gasteiger partial charge < -0.3 is 15.2 Å². The number of hydrogen-bond acceptors (Lipinski definition) is 3. The van der Waals surface area contributed by atoms with Crippen LogP contribution in [0.5, 0.6) is 11.5 Å². The SMILES string of the molecule is Cc1cc(NC(=O)c2ccc(Cc3ccc(O)cc3)cc2)ccc1OCCCc1cccc(Br)c1. The fourth-order valence-electron chi connectivity index (χ4n) is 3.87. The van der Waals surface area contributed by atoms with Gasteiger partial charge in [0.25, 0.3) is 5.91 Å². The number of hydrogen-bond donors (Lipinski definition) is 2. The largest absolute Gasteiger partial charge is 0.508 e. The average Bonchev–Trinajstić information content (AvgIpc) is 2.85. The predicted octanol–water partition coefficient (Wildman–Crippen LogP) is 7.32. The van der Waals surface area contributed by atoms with Gasteiger partial charge in [0.2, 0.25) is 0 Å². The zero-order chi connectivity index (χ0) is 24.6. The Bertz CT molecular complexity index is 1280. The topological polar surface area (TPSA) is 58.6 Å². The van der Waals surface area contributed by atoms with Crippen molar-refractivity contribution in [2.75, 3.05) is 11.9 Å². The van der Waals surface area contributed by atoms with Crippen molar-refractivity contribution < 1.29 is 14.6 Å². The van der Waals surface area contributed by atoms with Gasteiger partial charge in [-0.05, 0) is 103 Å². The standard InChI is InChI=1S/C30H28BrNO3/c1-21-18-27(13-16-29(21)35-17-3-5-22-4-2-6-26(31)20-22)32-30(34)25-11-7-23(8-12-25)19-24-9-14-28(33)15-10-24/h2,4,6-16,18,20,33H,3,5,17,19H2,1H3,(H,32,34). The number of carbonyl (C=O) groups excluding carboxylic acids is 1. The second kappa shape index (κ2) is 11.7. The Balaban J connectivity index is 1.28. The molecule has 178 valence electrons. The van der Waals surface area contributed by atoms with Gasteiger partial charge in [-0.3, -0.25) is 4.79 Å². The van der Waals surface area contributed by atoms with Crippen LogP contribution in [0.2, 0.25) is 0 Å². The third-order valence-corrected chi connectivity index (χ3v) is 6.24. The van der Waals surface area contributed by atoms with Gasteiger partial charge in [-0.15, -0.1) is 0 Å². The molecule has 0 aliphatic rings. The molecule has 4 rings (SSSR count). The number of halogens is 1. The first-order valence-electron chi connectivity index (χ1n) is 11.6. The lowest BCUT2D eigenvalue weighted by atomic mass is 10.0. The molecule has 0 bridgehead atoms. The summed E-state index contributed by atoms with van der Waals surface area (Å²) in [6, 6.07) is 28.8. The first kappa shape index (κ1) is 24.6. The van der Waals surface area contributed by atoms with Crippen LogP contribution in [-0.2, 0) is 12.8 Å². The number of carbonyl (C=O) groups is 1. The number of nitrogens with one attached hydrogen (secondary N) is 1. The average molecular weight is 530 g/mol. The quantitative estimate of drug-likeness (QED) is 0.223. The normalized spacial score (nSPS) is 10.7. The summed E-state index contributed by atoms with van der Waals surface area (Å²) in [4.78, 5) is 12.7. The van der Waals surface area contributed by atoms with Gasteiger partial charge >= 0.3 is 0 Å². The Morgan fingerprint density at radius 2 is 1.60 bits per heavy atom. The Morgan fingerprint density at radius 1 is 0.886 bits per heavy atom. The van der Waals surface area contributed by atoms with Crippen molar-refractivity contribution in [1.82, 2.24) is 0 Å². The smallest absolute Gasteiger partial charge is 0.255 e. The van der Waals surface area contributed by atoms with E-state index in [9.17, 15) is 9.90 Å². The van der Waals surface area contributed by atoms with E-state index in [0.29, 0.717) is 12.2 Å². The molecule has 4 nitrogen and oxygen atoms in total. The Hall–Kier alpha value is -3.57. The summed E-state index contributed by atoms with van der Waals surface area (Å²) >= 11 is 3.50. The van der Waals surface area contributed by atoms with Crippen LogP contribution in [0.4, 0.5) is 5.69 Å². The lowest BCUT2D eigenvalue weighted by Gasteiger charge is -2.12. The molecule has 35 heavy (non-hydrogen) atoms. The first-order valence-corrected chi connectivity index (χ1v) is 12.4.